The normalized spacial score (nSPS) is 12.5. The monoisotopic (exact) mass is 328 g/mol. The van der Waals surface area contributed by atoms with Gasteiger partial charge < -0.3 is 4.74 Å². The average molecular weight is 328 g/mol. The molecule has 0 aliphatic rings. The van der Waals surface area contributed by atoms with Gasteiger partial charge in [0.2, 0.25) is 10.2 Å². The van der Waals surface area contributed by atoms with E-state index < -0.39 is 11.4 Å². The first-order valence-corrected chi connectivity index (χ1v) is 8.26. The first-order chi connectivity index (χ1) is 9.90. The lowest BCUT2D eigenvalue weighted by molar-refractivity contribution is -0.140. The van der Waals surface area contributed by atoms with Crippen molar-refractivity contribution in [1.29, 1.82) is 0 Å². The van der Waals surface area contributed by atoms with Crippen LogP contribution >= 0.6 is 23.5 Å². The quantitative estimate of drug-likeness (QED) is 0.386. The summed E-state index contributed by atoms with van der Waals surface area (Å²) in [5.41, 5.74) is -0.347. The molecule has 0 aromatic rings. The fourth-order valence-electron chi connectivity index (χ4n) is 1.11. The molecule has 0 heterocycles. The number of esters is 1. The van der Waals surface area contributed by atoms with Gasteiger partial charge in [0.25, 0.3) is 0 Å². The topological polar surface area (TPSA) is 60.4 Å². The highest BCUT2D eigenvalue weighted by atomic mass is 32.2. The van der Waals surface area contributed by atoms with Gasteiger partial charge in [-0.05, 0) is 44.7 Å². The van der Waals surface area contributed by atoms with E-state index in [-0.39, 0.29) is 15.8 Å². The first kappa shape index (κ1) is 19.7. The van der Waals surface area contributed by atoms with Crippen LogP contribution in [0.2, 0.25) is 0 Å². The van der Waals surface area contributed by atoms with Crippen LogP contribution in [0.3, 0.4) is 0 Å². The molecule has 0 N–H and O–H groups in total. The number of thioether (sulfide) groups is 2. The van der Waals surface area contributed by atoms with Crippen LogP contribution in [0.15, 0.2) is 36.5 Å². The van der Waals surface area contributed by atoms with Gasteiger partial charge in [-0.2, -0.15) is 0 Å². The highest BCUT2D eigenvalue weighted by molar-refractivity contribution is 8.15. The van der Waals surface area contributed by atoms with Crippen LogP contribution < -0.4 is 0 Å². The lowest BCUT2D eigenvalue weighted by atomic mass is 10.4. The van der Waals surface area contributed by atoms with Gasteiger partial charge in [-0.25, -0.2) is 4.79 Å². The van der Waals surface area contributed by atoms with Crippen molar-refractivity contribution in [2.75, 3.05) is 5.75 Å². The van der Waals surface area contributed by atoms with E-state index in [1.54, 1.807) is 32.9 Å². The summed E-state index contributed by atoms with van der Waals surface area (Å²) >= 11 is 2.05. The summed E-state index contributed by atoms with van der Waals surface area (Å²) in [7, 11) is 0. The molecule has 6 heteroatoms. The van der Waals surface area contributed by atoms with Gasteiger partial charge >= 0.3 is 5.97 Å². The van der Waals surface area contributed by atoms with Gasteiger partial charge in [0.15, 0.2) is 5.44 Å². The maximum atomic E-state index is 11.6. The van der Waals surface area contributed by atoms with E-state index in [0.717, 1.165) is 23.5 Å². The summed E-state index contributed by atoms with van der Waals surface area (Å²) in [4.78, 5) is 34.5. The number of rotatable bonds is 8. The van der Waals surface area contributed by atoms with Gasteiger partial charge in [-0.3, -0.25) is 9.59 Å². The Balaban J connectivity index is 4.50. The van der Waals surface area contributed by atoms with Crippen LogP contribution in [0, 0.1) is 0 Å². The number of allylic oxidation sites excluding steroid dienone is 2. The van der Waals surface area contributed by atoms with Crippen LogP contribution in [-0.4, -0.2) is 27.4 Å². The molecule has 116 valence electrons. The first-order valence-electron chi connectivity index (χ1n) is 6.40. The van der Waals surface area contributed by atoms with Crippen molar-refractivity contribution in [2.24, 2.45) is 0 Å². The van der Waals surface area contributed by atoms with E-state index in [2.05, 4.69) is 6.58 Å². The summed E-state index contributed by atoms with van der Waals surface area (Å²) in [6.07, 6.45) is 6.57. The zero-order valence-corrected chi connectivity index (χ0v) is 14.1. The zero-order chi connectivity index (χ0) is 16.3. The van der Waals surface area contributed by atoms with Crippen molar-refractivity contribution in [3.8, 4) is 0 Å². The van der Waals surface area contributed by atoms with Gasteiger partial charge in [-0.1, -0.05) is 30.5 Å². The van der Waals surface area contributed by atoms with Gasteiger partial charge in [0.1, 0.15) is 0 Å². The molecule has 0 spiro atoms. The number of hydrogen-bond donors (Lipinski definition) is 0. The molecule has 0 rings (SSSR count). The Morgan fingerprint density at radius 2 is 1.71 bits per heavy atom. The van der Waals surface area contributed by atoms with Crippen molar-refractivity contribution in [3.63, 3.8) is 0 Å². The molecule has 0 saturated carbocycles. The molecule has 0 aromatic carbocycles. The van der Waals surface area contributed by atoms with Crippen molar-refractivity contribution >= 4 is 39.7 Å². The molecule has 0 radical (unpaired) electrons. The lowest BCUT2D eigenvalue weighted by Crippen LogP contribution is -2.18. The number of hydrogen-bond acceptors (Lipinski definition) is 6. The predicted octanol–water partition coefficient (Wildman–Crippen LogP) is 3.49. The number of carbonyl (C=O) groups excluding carboxylic acids is 3. The molecule has 0 aliphatic carbocycles. The summed E-state index contributed by atoms with van der Waals surface area (Å²) in [5.74, 6) is -0.0708. The van der Waals surface area contributed by atoms with Crippen molar-refractivity contribution in [2.45, 2.75) is 32.6 Å². The van der Waals surface area contributed by atoms with E-state index in [4.69, 9.17) is 4.74 Å². The molecular formula is C15H20O4S2. The summed E-state index contributed by atoms with van der Waals surface area (Å²) in [5, 5.41) is -0.256. The second kappa shape index (κ2) is 11.4. The third-order valence-corrected chi connectivity index (χ3v) is 3.86. The Morgan fingerprint density at radius 3 is 2.24 bits per heavy atom. The van der Waals surface area contributed by atoms with Crippen LogP contribution in [0.4, 0.5) is 0 Å². The number of carbonyl (C=O) groups is 3. The highest BCUT2D eigenvalue weighted by Gasteiger charge is 2.18. The van der Waals surface area contributed by atoms with E-state index >= 15 is 0 Å². The number of ether oxygens (including phenoxy) is 1. The molecule has 0 bridgehead atoms. The van der Waals surface area contributed by atoms with Crippen LogP contribution in [0.25, 0.3) is 0 Å². The Morgan fingerprint density at radius 1 is 1.14 bits per heavy atom. The lowest BCUT2D eigenvalue weighted by Gasteiger charge is -2.15. The van der Waals surface area contributed by atoms with Gasteiger partial charge in [-0.15, -0.1) is 0 Å². The largest absolute Gasteiger partial charge is 0.447 e. The minimum Gasteiger partial charge on any atom is -0.447 e. The molecule has 0 amide bonds. The second-order valence-electron chi connectivity index (χ2n) is 4.01. The SMILES string of the molecule is C=C(C)C(=O)OC(CCSC(=O)C=CC)SC(=O)C=CC. The maximum Gasteiger partial charge on any atom is 0.334 e. The molecule has 4 nitrogen and oxygen atoms in total. The van der Waals surface area contributed by atoms with Crippen LogP contribution in [0.5, 0.6) is 0 Å². The molecular weight excluding hydrogens is 308 g/mol. The van der Waals surface area contributed by atoms with Gasteiger partial charge in [0, 0.05) is 17.7 Å². The fourth-order valence-corrected chi connectivity index (χ4v) is 2.87. The minimum absolute atomic E-state index is 0.0627. The molecule has 0 aliphatic heterocycles. The fraction of sp³-hybridized carbons (Fsp3) is 0.400. The average Bonchev–Trinajstić information content (AvgIpc) is 2.38. The van der Waals surface area contributed by atoms with Crippen LogP contribution in [-0.2, 0) is 19.1 Å². The maximum absolute atomic E-state index is 11.6. The standard InChI is InChI=1S/C15H20O4S2/c1-5-7-12(16)20-10-9-14(19-15(18)11(3)4)21-13(17)8-6-2/h5-8,14H,3,9-10H2,1-2,4H3. The van der Waals surface area contributed by atoms with Crippen molar-refractivity contribution in [3.05, 3.63) is 36.5 Å². The Labute approximate surface area is 134 Å². The summed E-state index contributed by atoms with van der Waals surface area (Å²) in [6.45, 7) is 8.55. The van der Waals surface area contributed by atoms with E-state index in [0.29, 0.717) is 12.2 Å². The van der Waals surface area contributed by atoms with Crippen molar-refractivity contribution < 1.29 is 19.1 Å². The van der Waals surface area contributed by atoms with Crippen molar-refractivity contribution in [1.82, 2.24) is 0 Å². The molecule has 0 aromatic heterocycles. The molecule has 0 fully saturated rings. The second-order valence-corrected chi connectivity index (χ2v) is 6.27. The molecule has 0 saturated heterocycles. The smallest absolute Gasteiger partial charge is 0.334 e. The zero-order valence-electron chi connectivity index (χ0n) is 12.5. The summed E-state index contributed by atoms with van der Waals surface area (Å²) < 4.78 is 5.20. The van der Waals surface area contributed by atoms with E-state index in [9.17, 15) is 14.4 Å². The third kappa shape index (κ3) is 10.1. The van der Waals surface area contributed by atoms with E-state index in [1.165, 1.54) is 12.2 Å². The van der Waals surface area contributed by atoms with Gasteiger partial charge in [0.05, 0.1) is 0 Å². The predicted molar refractivity (Wildman–Crippen MR) is 89.0 cm³/mol. The Bertz CT molecular complexity index is 453. The minimum atomic E-state index is -0.621. The van der Waals surface area contributed by atoms with Crippen LogP contribution in [0.1, 0.15) is 27.2 Å². The Kier molecular flexibility index (Phi) is 10.7. The molecule has 1 unspecified atom stereocenters. The molecule has 1 atom stereocenters. The van der Waals surface area contributed by atoms with E-state index in [1.807, 2.05) is 0 Å². The highest BCUT2D eigenvalue weighted by Crippen LogP contribution is 2.21. The summed E-state index contributed by atoms with van der Waals surface area (Å²) in [6, 6.07) is 0. The Hall–Kier alpha value is -1.27. The molecule has 21 heavy (non-hydrogen) atoms. The third-order valence-electron chi connectivity index (χ3n) is 2.04.